The minimum Gasteiger partial charge on any atom is -0.481 e. The van der Waals surface area contributed by atoms with Crippen molar-refractivity contribution in [1.29, 1.82) is 0 Å². The largest absolute Gasteiger partial charge is 0.481 e. The summed E-state index contributed by atoms with van der Waals surface area (Å²) in [6, 6.07) is 14.9. The Morgan fingerprint density at radius 2 is 1.74 bits per heavy atom. The number of rotatable bonds is 10. The normalized spacial score (nSPS) is 12.9. The molecule has 1 atom stereocenters. The van der Waals surface area contributed by atoms with Crippen LogP contribution in [0.4, 0.5) is 4.79 Å². The molecule has 0 fully saturated rings. The minimum absolute atomic E-state index is 0.0608. The van der Waals surface area contributed by atoms with Crippen LogP contribution in [0.5, 0.6) is 0 Å². The van der Waals surface area contributed by atoms with E-state index < -0.39 is 24.0 Å². The maximum Gasteiger partial charge on any atom is 0.407 e. The molecule has 4 rings (SSSR count). The molecule has 0 saturated carbocycles. The van der Waals surface area contributed by atoms with Gasteiger partial charge >= 0.3 is 12.1 Å². The summed E-state index contributed by atoms with van der Waals surface area (Å²) in [5, 5.41) is 18.2. The van der Waals surface area contributed by atoms with Crippen LogP contribution in [0.15, 0.2) is 61.2 Å². The third kappa shape index (κ3) is 5.40. The lowest BCUT2D eigenvalue weighted by molar-refractivity contribution is -0.137. The van der Waals surface area contributed by atoms with Gasteiger partial charge in [-0.1, -0.05) is 48.5 Å². The Bertz CT molecular complexity index is 1120. The Balaban J connectivity index is 1.36. The molecule has 10 nitrogen and oxygen atoms in total. The standard InChI is InChI=1S/C24H25N5O5/c30-22(31)10-9-21(23(32)26-11-12-29-15-25-14-27-29)28-24(33)34-13-20-18-7-3-1-5-16(18)17-6-2-4-8-19(17)20/h1-8,14-15,20-21H,9-13H2,(H,26,32)(H,28,33)(H,30,31). The van der Waals surface area contributed by atoms with Gasteiger partial charge < -0.3 is 20.5 Å². The van der Waals surface area contributed by atoms with E-state index in [9.17, 15) is 14.4 Å². The summed E-state index contributed by atoms with van der Waals surface area (Å²) < 4.78 is 7.04. The Kier molecular flexibility index (Phi) is 7.16. The number of nitrogens with one attached hydrogen (secondary N) is 2. The number of carboxylic acid groups (broad SMARTS) is 1. The number of benzene rings is 2. The summed E-state index contributed by atoms with van der Waals surface area (Å²) in [5.74, 6) is -1.67. The lowest BCUT2D eigenvalue weighted by Gasteiger charge is -2.19. The van der Waals surface area contributed by atoms with Crippen molar-refractivity contribution in [3.8, 4) is 11.1 Å². The quantitative estimate of drug-likeness (QED) is 0.419. The lowest BCUT2D eigenvalue weighted by atomic mass is 9.98. The number of alkyl carbamates (subject to hydrolysis) is 1. The minimum atomic E-state index is -1.06. The van der Waals surface area contributed by atoms with Gasteiger partial charge in [-0.25, -0.2) is 9.78 Å². The average Bonchev–Trinajstić information content (AvgIpc) is 3.46. The average molecular weight is 463 g/mol. The Morgan fingerprint density at radius 3 is 2.35 bits per heavy atom. The highest BCUT2D eigenvalue weighted by atomic mass is 16.5. The summed E-state index contributed by atoms with van der Waals surface area (Å²) in [4.78, 5) is 40.0. The second-order valence-electron chi connectivity index (χ2n) is 7.90. The van der Waals surface area contributed by atoms with Crippen molar-refractivity contribution in [2.45, 2.75) is 31.3 Å². The molecule has 1 aromatic heterocycles. The van der Waals surface area contributed by atoms with Gasteiger partial charge in [0.2, 0.25) is 5.91 Å². The lowest BCUT2D eigenvalue weighted by Crippen LogP contribution is -2.48. The molecule has 2 amide bonds. The molecule has 0 spiro atoms. The molecule has 0 saturated heterocycles. The molecule has 1 aliphatic carbocycles. The highest BCUT2D eigenvalue weighted by Crippen LogP contribution is 2.44. The number of hydrogen-bond acceptors (Lipinski definition) is 6. The molecule has 0 aliphatic heterocycles. The summed E-state index contributed by atoms with van der Waals surface area (Å²) in [6.45, 7) is 0.736. The molecule has 3 aromatic rings. The van der Waals surface area contributed by atoms with E-state index in [-0.39, 0.29) is 31.9 Å². The van der Waals surface area contributed by atoms with E-state index in [2.05, 4.69) is 20.7 Å². The molecule has 34 heavy (non-hydrogen) atoms. The predicted molar refractivity (Wildman–Crippen MR) is 122 cm³/mol. The predicted octanol–water partition coefficient (Wildman–Crippen LogP) is 2.17. The van der Waals surface area contributed by atoms with Gasteiger partial charge in [0.25, 0.3) is 0 Å². The number of amides is 2. The number of carbonyl (C=O) groups excluding carboxylic acids is 2. The molecule has 1 aliphatic rings. The fraction of sp³-hybridized carbons (Fsp3) is 0.292. The first-order chi connectivity index (χ1) is 16.5. The van der Waals surface area contributed by atoms with Gasteiger partial charge in [-0.05, 0) is 28.7 Å². The molecule has 10 heteroatoms. The van der Waals surface area contributed by atoms with Gasteiger partial charge in [0, 0.05) is 18.9 Å². The van der Waals surface area contributed by atoms with Crippen LogP contribution in [-0.2, 0) is 20.9 Å². The van der Waals surface area contributed by atoms with Crippen molar-refractivity contribution in [3.05, 3.63) is 72.3 Å². The summed E-state index contributed by atoms with van der Waals surface area (Å²) in [5.41, 5.74) is 4.37. The summed E-state index contributed by atoms with van der Waals surface area (Å²) in [7, 11) is 0. The molecular formula is C24H25N5O5. The second-order valence-corrected chi connectivity index (χ2v) is 7.90. The van der Waals surface area contributed by atoms with E-state index in [1.165, 1.54) is 12.7 Å². The monoisotopic (exact) mass is 463 g/mol. The first-order valence-electron chi connectivity index (χ1n) is 11.0. The fourth-order valence-corrected chi connectivity index (χ4v) is 4.08. The first-order valence-corrected chi connectivity index (χ1v) is 11.0. The molecular weight excluding hydrogens is 438 g/mol. The zero-order valence-corrected chi connectivity index (χ0v) is 18.4. The number of fused-ring (bicyclic) bond motifs is 3. The van der Waals surface area contributed by atoms with E-state index in [1.54, 1.807) is 4.68 Å². The van der Waals surface area contributed by atoms with Gasteiger partial charge in [-0.2, -0.15) is 5.10 Å². The van der Waals surface area contributed by atoms with Crippen molar-refractivity contribution in [2.24, 2.45) is 0 Å². The van der Waals surface area contributed by atoms with E-state index in [4.69, 9.17) is 9.84 Å². The zero-order chi connectivity index (χ0) is 23.9. The summed E-state index contributed by atoms with van der Waals surface area (Å²) >= 11 is 0. The fourth-order valence-electron chi connectivity index (χ4n) is 4.08. The third-order valence-electron chi connectivity index (χ3n) is 5.71. The van der Waals surface area contributed by atoms with Crippen LogP contribution < -0.4 is 10.6 Å². The van der Waals surface area contributed by atoms with E-state index in [0.29, 0.717) is 6.54 Å². The van der Waals surface area contributed by atoms with Crippen LogP contribution in [0.3, 0.4) is 0 Å². The topological polar surface area (TPSA) is 135 Å². The smallest absolute Gasteiger partial charge is 0.407 e. The van der Waals surface area contributed by atoms with Crippen LogP contribution in [-0.4, -0.2) is 57.0 Å². The van der Waals surface area contributed by atoms with E-state index in [1.807, 2.05) is 48.5 Å². The van der Waals surface area contributed by atoms with E-state index >= 15 is 0 Å². The number of carbonyl (C=O) groups is 3. The number of ether oxygens (including phenoxy) is 1. The number of aliphatic carboxylic acids is 1. The third-order valence-corrected chi connectivity index (χ3v) is 5.71. The molecule has 0 radical (unpaired) electrons. The first kappa shape index (κ1) is 23.0. The van der Waals surface area contributed by atoms with Crippen LogP contribution >= 0.6 is 0 Å². The Hall–Kier alpha value is -4.21. The highest BCUT2D eigenvalue weighted by Gasteiger charge is 2.29. The zero-order valence-electron chi connectivity index (χ0n) is 18.4. The molecule has 0 bridgehead atoms. The number of carboxylic acids is 1. The van der Waals surface area contributed by atoms with Gasteiger partial charge in [-0.3, -0.25) is 14.3 Å². The van der Waals surface area contributed by atoms with Crippen LogP contribution in [0.25, 0.3) is 11.1 Å². The molecule has 176 valence electrons. The molecule has 1 heterocycles. The second kappa shape index (κ2) is 10.6. The Morgan fingerprint density at radius 1 is 1.06 bits per heavy atom. The van der Waals surface area contributed by atoms with Crippen molar-refractivity contribution in [2.75, 3.05) is 13.2 Å². The highest BCUT2D eigenvalue weighted by molar-refractivity contribution is 5.86. The number of nitrogens with zero attached hydrogens (tertiary/aromatic N) is 3. The van der Waals surface area contributed by atoms with E-state index in [0.717, 1.165) is 22.3 Å². The summed E-state index contributed by atoms with van der Waals surface area (Å²) in [6.07, 6.45) is 1.79. The maximum absolute atomic E-state index is 12.6. The Labute approximate surface area is 196 Å². The van der Waals surface area contributed by atoms with Crippen LogP contribution in [0.1, 0.15) is 29.9 Å². The van der Waals surface area contributed by atoms with Gasteiger partial charge in [-0.15, -0.1) is 0 Å². The van der Waals surface area contributed by atoms with Crippen molar-refractivity contribution >= 4 is 18.0 Å². The number of hydrogen-bond donors (Lipinski definition) is 3. The number of aromatic nitrogens is 3. The van der Waals surface area contributed by atoms with Gasteiger partial charge in [0.15, 0.2) is 0 Å². The van der Waals surface area contributed by atoms with Gasteiger partial charge in [0.05, 0.1) is 6.54 Å². The van der Waals surface area contributed by atoms with Gasteiger partial charge in [0.1, 0.15) is 25.3 Å². The van der Waals surface area contributed by atoms with Crippen molar-refractivity contribution < 1.29 is 24.2 Å². The van der Waals surface area contributed by atoms with Crippen molar-refractivity contribution in [1.82, 2.24) is 25.4 Å². The van der Waals surface area contributed by atoms with Crippen LogP contribution in [0, 0.1) is 0 Å². The molecule has 3 N–H and O–H groups in total. The van der Waals surface area contributed by atoms with Crippen LogP contribution in [0.2, 0.25) is 0 Å². The maximum atomic E-state index is 12.6. The SMILES string of the molecule is O=C(O)CCC(NC(=O)OCC1c2ccccc2-c2ccccc21)C(=O)NCCn1cncn1. The molecule has 2 aromatic carbocycles. The molecule has 1 unspecified atom stereocenters. The van der Waals surface area contributed by atoms with Crippen molar-refractivity contribution in [3.63, 3.8) is 0 Å².